The molecule has 3 aromatic carbocycles. The van der Waals surface area contributed by atoms with E-state index in [1.807, 2.05) is 55.5 Å². The van der Waals surface area contributed by atoms with E-state index in [-0.39, 0.29) is 12.2 Å². The fourth-order valence-electron chi connectivity index (χ4n) is 3.68. The standard InChI is InChI=1S/C24H20INO3/c1-16-6-8-17(9-7-16)15-26-21-5-3-2-4-20(21)24(29,23(26)28)14-22(27)18-10-12-19(25)13-11-18/h2-13,29H,14-15H2,1H3. The molecule has 0 bridgehead atoms. The predicted octanol–water partition coefficient (Wildman–Crippen LogP) is 4.61. The van der Waals surface area contributed by atoms with Gasteiger partial charge in [0.15, 0.2) is 11.4 Å². The van der Waals surface area contributed by atoms with Gasteiger partial charge in [-0.05, 0) is 53.3 Å². The third kappa shape index (κ3) is 3.72. The van der Waals surface area contributed by atoms with Crippen LogP contribution in [0.3, 0.4) is 0 Å². The summed E-state index contributed by atoms with van der Waals surface area (Å²) in [6.07, 6.45) is -0.284. The van der Waals surface area contributed by atoms with Crippen molar-refractivity contribution in [3.63, 3.8) is 0 Å². The zero-order chi connectivity index (χ0) is 20.6. The van der Waals surface area contributed by atoms with E-state index in [1.165, 1.54) is 0 Å². The van der Waals surface area contributed by atoms with Crippen LogP contribution in [-0.2, 0) is 16.9 Å². The Morgan fingerprint density at radius 1 is 1.00 bits per heavy atom. The molecule has 146 valence electrons. The summed E-state index contributed by atoms with van der Waals surface area (Å²) in [7, 11) is 0. The van der Waals surface area contributed by atoms with Crippen molar-refractivity contribution in [3.8, 4) is 0 Å². The van der Waals surface area contributed by atoms with Gasteiger partial charge in [-0.25, -0.2) is 0 Å². The molecule has 1 atom stereocenters. The molecule has 4 rings (SSSR count). The number of halogens is 1. The van der Waals surface area contributed by atoms with Crippen molar-refractivity contribution in [2.45, 2.75) is 25.5 Å². The van der Waals surface area contributed by atoms with Gasteiger partial charge < -0.3 is 10.0 Å². The molecule has 0 saturated heterocycles. The Labute approximate surface area is 183 Å². The van der Waals surface area contributed by atoms with E-state index in [2.05, 4.69) is 22.6 Å². The lowest BCUT2D eigenvalue weighted by Crippen LogP contribution is -2.41. The van der Waals surface area contributed by atoms with Crippen LogP contribution in [0.15, 0.2) is 72.8 Å². The number of para-hydroxylation sites is 1. The number of nitrogens with zero attached hydrogens (tertiary/aromatic N) is 1. The van der Waals surface area contributed by atoms with E-state index >= 15 is 0 Å². The van der Waals surface area contributed by atoms with Crippen molar-refractivity contribution in [2.24, 2.45) is 0 Å². The van der Waals surface area contributed by atoms with Crippen LogP contribution in [0.1, 0.15) is 33.5 Å². The topological polar surface area (TPSA) is 57.6 Å². The number of amides is 1. The maximum Gasteiger partial charge on any atom is 0.264 e. The molecule has 3 aromatic rings. The number of fused-ring (bicyclic) bond motifs is 1. The molecule has 4 nitrogen and oxygen atoms in total. The van der Waals surface area contributed by atoms with Gasteiger partial charge in [0.2, 0.25) is 0 Å². The Morgan fingerprint density at radius 3 is 2.34 bits per heavy atom. The molecule has 1 N–H and O–H groups in total. The van der Waals surface area contributed by atoms with E-state index in [0.29, 0.717) is 23.4 Å². The van der Waals surface area contributed by atoms with E-state index in [9.17, 15) is 14.7 Å². The number of aryl methyl sites for hydroxylation is 1. The second-order valence-electron chi connectivity index (χ2n) is 7.36. The lowest BCUT2D eigenvalue weighted by Gasteiger charge is -2.23. The zero-order valence-electron chi connectivity index (χ0n) is 15.9. The maximum absolute atomic E-state index is 13.3. The number of Topliss-reactive ketones (excluding diaryl/α,β-unsaturated/α-hetero) is 1. The predicted molar refractivity (Wildman–Crippen MR) is 121 cm³/mol. The highest BCUT2D eigenvalue weighted by Crippen LogP contribution is 2.43. The SMILES string of the molecule is Cc1ccc(CN2C(=O)C(O)(CC(=O)c3ccc(I)cc3)c3ccccc32)cc1. The Morgan fingerprint density at radius 2 is 1.66 bits per heavy atom. The summed E-state index contributed by atoms with van der Waals surface area (Å²) in [5, 5.41) is 11.4. The van der Waals surface area contributed by atoms with Gasteiger partial charge in [-0.1, -0.05) is 60.2 Å². The molecule has 0 saturated carbocycles. The van der Waals surface area contributed by atoms with Crippen LogP contribution >= 0.6 is 22.6 Å². The molecule has 1 aliphatic heterocycles. The van der Waals surface area contributed by atoms with Crippen LogP contribution < -0.4 is 4.90 Å². The van der Waals surface area contributed by atoms with Crippen molar-refractivity contribution in [1.29, 1.82) is 0 Å². The number of hydrogen-bond donors (Lipinski definition) is 1. The van der Waals surface area contributed by atoms with Crippen molar-refractivity contribution in [2.75, 3.05) is 4.90 Å². The molecule has 1 heterocycles. The highest BCUT2D eigenvalue weighted by atomic mass is 127. The summed E-state index contributed by atoms with van der Waals surface area (Å²) >= 11 is 2.17. The second kappa shape index (κ2) is 7.72. The van der Waals surface area contributed by atoms with Gasteiger partial charge in [-0.2, -0.15) is 0 Å². The molecule has 0 spiro atoms. The van der Waals surface area contributed by atoms with Crippen molar-refractivity contribution in [1.82, 2.24) is 0 Å². The summed E-state index contributed by atoms with van der Waals surface area (Å²) in [5.41, 5.74) is 1.86. The third-order valence-electron chi connectivity index (χ3n) is 5.28. The number of anilines is 1. The number of ketones is 1. The molecule has 0 aliphatic carbocycles. The van der Waals surface area contributed by atoms with Gasteiger partial charge in [-0.3, -0.25) is 9.59 Å². The van der Waals surface area contributed by atoms with Crippen LogP contribution in [0.4, 0.5) is 5.69 Å². The second-order valence-corrected chi connectivity index (χ2v) is 8.61. The Hall–Kier alpha value is -2.51. The summed E-state index contributed by atoms with van der Waals surface area (Å²) in [5.74, 6) is -0.720. The van der Waals surface area contributed by atoms with Crippen LogP contribution in [0.2, 0.25) is 0 Å². The average molecular weight is 497 g/mol. The van der Waals surface area contributed by atoms with Crippen LogP contribution in [0, 0.1) is 10.5 Å². The van der Waals surface area contributed by atoms with Crippen molar-refractivity contribution < 1.29 is 14.7 Å². The van der Waals surface area contributed by atoms with E-state index in [1.54, 1.807) is 29.2 Å². The minimum absolute atomic E-state index is 0.260. The lowest BCUT2D eigenvalue weighted by atomic mass is 9.88. The molecule has 1 amide bonds. The quantitative estimate of drug-likeness (QED) is 0.414. The number of carbonyl (C=O) groups excluding carboxylic acids is 2. The number of carbonyl (C=O) groups is 2. The monoisotopic (exact) mass is 497 g/mol. The fraction of sp³-hybridized carbons (Fsp3) is 0.167. The van der Waals surface area contributed by atoms with Gasteiger partial charge in [0.25, 0.3) is 5.91 Å². The highest BCUT2D eigenvalue weighted by Gasteiger charge is 2.50. The Balaban J connectivity index is 1.66. The molecular weight excluding hydrogens is 477 g/mol. The van der Waals surface area contributed by atoms with Gasteiger partial charge >= 0.3 is 0 Å². The van der Waals surface area contributed by atoms with Crippen molar-refractivity contribution in [3.05, 3.63) is 98.6 Å². The average Bonchev–Trinajstić information content (AvgIpc) is 2.92. The molecule has 0 fully saturated rings. The van der Waals surface area contributed by atoms with Gasteiger partial charge in [0.05, 0.1) is 18.7 Å². The molecule has 1 aliphatic rings. The largest absolute Gasteiger partial charge is 0.375 e. The Bertz CT molecular complexity index is 1080. The molecule has 1 unspecified atom stereocenters. The van der Waals surface area contributed by atoms with E-state index in [4.69, 9.17) is 0 Å². The maximum atomic E-state index is 13.3. The highest BCUT2D eigenvalue weighted by molar-refractivity contribution is 14.1. The van der Waals surface area contributed by atoms with Crippen molar-refractivity contribution >= 4 is 40.0 Å². The number of hydrogen-bond acceptors (Lipinski definition) is 3. The molecule has 29 heavy (non-hydrogen) atoms. The lowest BCUT2D eigenvalue weighted by molar-refractivity contribution is -0.136. The van der Waals surface area contributed by atoms with E-state index < -0.39 is 11.5 Å². The van der Waals surface area contributed by atoms with Crippen LogP contribution in [0.25, 0.3) is 0 Å². The normalized spacial score (nSPS) is 18.0. The first kappa shape index (κ1) is 19.8. The number of benzene rings is 3. The van der Waals surface area contributed by atoms with Gasteiger partial charge in [0, 0.05) is 14.7 Å². The minimum atomic E-state index is -1.86. The first-order chi connectivity index (χ1) is 13.9. The first-order valence-corrected chi connectivity index (χ1v) is 10.4. The summed E-state index contributed by atoms with van der Waals surface area (Å²) < 4.78 is 1.02. The van der Waals surface area contributed by atoms with Gasteiger partial charge in [0.1, 0.15) is 0 Å². The fourth-order valence-corrected chi connectivity index (χ4v) is 4.04. The summed E-state index contributed by atoms with van der Waals surface area (Å²) in [6.45, 7) is 2.35. The summed E-state index contributed by atoms with van der Waals surface area (Å²) in [6, 6.07) is 22.2. The van der Waals surface area contributed by atoms with Crippen LogP contribution in [-0.4, -0.2) is 16.8 Å². The zero-order valence-corrected chi connectivity index (χ0v) is 18.1. The smallest absolute Gasteiger partial charge is 0.264 e. The first-order valence-electron chi connectivity index (χ1n) is 9.37. The van der Waals surface area contributed by atoms with Gasteiger partial charge in [-0.15, -0.1) is 0 Å². The summed E-state index contributed by atoms with van der Waals surface area (Å²) in [4.78, 5) is 27.7. The Kier molecular flexibility index (Phi) is 5.27. The number of aliphatic hydroxyl groups is 1. The molecule has 5 heteroatoms. The molecular formula is C24H20INO3. The molecule has 0 radical (unpaired) electrons. The third-order valence-corrected chi connectivity index (χ3v) is 6.00. The minimum Gasteiger partial charge on any atom is -0.375 e. The molecule has 0 aromatic heterocycles. The van der Waals surface area contributed by atoms with E-state index in [0.717, 1.165) is 14.7 Å². The van der Waals surface area contributed by atoms with Crippen LogP contribution in [0.5, 0.6) is 0 Å². The number of rotatable bonds is 5.